The zero-order chi connectivity index (χ0) is 15.2. The van der Waals surface area contributed by atoms with Gasteiger partial charge < -0.3 is 5.11 Å². The first-order valence-electron chi connectivity index (χ1n) is 6.66. The van der Waals surface area contributed by atoms with Gasteiger partial charge in [0.1, 0.15) is 0 Å². The first-order valence-corrected chi connectivity index (χ1v) is 6.66. The topological polar surface area (TPSA) is 49.3 Å². The van der Waals surface area contributed by atoms with Crippen molar-refractivity contribution in [1.29, 1.82) is 0 Å². The van der Waals surface area contributed by atoms with Crippen LogP contribution in [-0.4, -0.2) is 11.2 Å². The number of carboxylic acid groups (broad SMARTS) is 1. The summed E-state index contributed by atoms with van der Waals surface area (Å²) in [5.74, 6) is 0. The molecule has 0 aliphatic rings. The number of anilines is 1. The summed E-state index contributed by atoms with van der Waals surface area (Å²) in [5, 5.41) is 10.5. The highest BCUT2D eigenvalue weighted by atomic mass is 16.4. The molecule has 3 nitrogen and oxygen atoms in total. The Hall–Kier alpha value is -2.29. The van der Waals surface area contributed by atoms with Crippen LogP contribution in [-0.2, 0) is 0 Å². The van der Waals surface area contributed by atoms with Crippen molar-refractivity contribution in [1.82, 2.24) is 0 Å². The second-order valence-electron chi connectivity index (χ2n) is 4.16. The van der Waals surface area contributed by atoms with E-state index in [1.807, 2.05) is 24.3 Å². The molecule has 1 amide bonds. The normalized spacial score (nSPS) is 8.35. The molecule has 0 bridgehead atoms. The summed E-state index contributed by atoms with van der Waals surface area (Å²) in [6.07, 6.45) is 0.214. The molecule has 0 aliphatic heterocycles. The number of para-hydroxylation sites is 1. The van der Waals surface area contributed by atoms with Crippen LogP contribution < -0.4 is 5.32 Å². The Morgan fingerprint density at radius 3 is 1.65 bits per heavy atom. The van der Waals surface area contributed by atoms with Crippen molar-refractivity contribution in [2.45, 2.75) is 27.2 Å². The van der Waals surface area contributed by atoms with Gasteiger partial charge in [0.2, 0.25) is 0 Å². The third kappa shape index (κ3) is 10.8. The molecule has 0 aromatic heterocycles. The van der Waals surface area contributed by atoms with E-state index in [1.54, 1.807) is 24.3 Å². The molecule has 0 heterocycles. The summed E-state index contributed by atoms with van der Waals surface area (Å²) >= 11 is 0. The van der Waals surface area contributed by atoms with Crippen LogP contribution in [0.15, 0.2) is 60.7 Å². The molecule has 0 fully saturated rings. The fourth-order valence-corrected chi connectivity index (χ4v) is 1.18. The third-order valence-corrected chi connectivity index (χ3v) is 1.97. The Bertz CT molecular complexity index is 455. The fraction of sp³-hybridized carbons (Fsp3) is 0.235. The lowest BCUT2D eigenvalue weighted by atomic mass is 10.2. The van der Waals surface area contributed by atoms with Gasteiger partial charge in [0.25, 0.3) is 0 Å². The number of rotatable bonds is 1. The first kappa shape index (κ1) is 17.7. The highest BCUT2D eigenvalue weighted by Gasteiger charge is 1.93. The number of aryl methyl sites for hydroxylation is 1. The summed E-state index contributed by atoms with van der Waals surface area (Å²) < 4.78 is 0. The van der Waals surface area contributed by atoms with E-state index in [0.717, 1.165) is 0 Å². The molecule has 0 radical (unpaired) electrons. The standard InChI is InChI=1S/C7H7NO2.C7H8.C3H8/c9-7(10)8-6-4-2-1-3-5-6;1-7-5-3-2-4-6-7;1-3-2/h1-5,8H,(H,9,10);2-6H,1H3;3H2,1-2H3. The average Bonchev–Trinajstić information content (AvgIpc) is 2.41. The van der Waals surface area contributed by atoms with Crippen molar-refractivity contribution in [2.24, 2.45) is 0 Å². The number of nitrogens with one attached hydrogen (secondary N) is 1. The van der Waals surface area contributed by atoms with Crippen molar-refractivity contribution in [3.8, 4) is 0 Å². The molecule has 0 aliphatic carbocycles. The van der Waals surface area contributed by atoms with E-state index in [2.05, 4.69) is 38.2 Å². The van der Waals surface area contributed by atoms with Crippen molar-refractivity contribution >= 4 is 11.8 Å². The number of hydrogen-bond donors (Lipinski definition) is 2. The van der Waals surface area contributed by atoms with Crippen LogP contribution in [0.4, 0.5) is 10.5 Å². The molecule has 20 heavy (non-hydrogen) atoms. The summed E-state index contributed by atoms with van der Waals surface area (Å²) in [5.41, 5.74) is 1.91. The molecule has 108 valence electrons. The molecule has 3 heteroatoms. The van der Waals surface area contributed by atoms with Crippen molar-refractivity contribution in [3.05, 3.63) is 66.2 Å². The van der Waals surface area contributed by atoms with E-state index in [9.17, 15) is 4.79 Å². The molecule has 2 aromatic rings. The van der Waals surface area contributed by atoms with Gasteiger partial charge in [-0.2, -0.15) is 0 Å². The van der Waals surface area contributed by atoms with Crippen LogP contribution in [0.3, 0.4) is 0 Å². The van der Waals surface area contributed by atoms with Crippen molar-refractivity contribution in [3.63, 3.8) is 0 Å². The lowest BCUT2D eigenvalue weighted by Crippen LogP contribution is -2.06. The minimum Gasteiger partial charge on any atom is -0.465 e. The number of carbonyl (C=O) groups is 1. The van der Waals surface area contributed by atoms with Gasteiger partial charge in [-0.1, -0.05) is 74.4 Å². The minimum absolute atomic E-state index is 0.593. The Morgan fingerprint density at radius 2 is 1.35 bits per heavy atom. The smallest absolute Gasteiger partial charge is 0.409 e. The van der Waals surface area contributed by atoms with Crippen molar-refractivity contribution in [2.75, 3.05) is 5.32 Å². The molecular formula is C17H23NO2. The average molecular weight is 273 g/mol. The van der Waals surface area contributed by atoms with Gasteiger partial charge in [-0.3, -0.25) is 5.32 Å². The lowest BCUT2D eigenvalue weighted by Gasteiger charge is -1.96. The first-order chi connectivity index (χ1) is 9.60. The number of benzene rings is 2. The largest absolute Gasteiger partial charge is 0.465 e. The molecule has 2 aromatic carbocycles. The predicted octanol–water partition coefficient (Wildman–Crippen LogP) is 5.19. The van der Waals surface area contributed by atoms with E-state index >= 15 is 0 Å². The second kappa shape index (κ2) is 11.8. The van der Waals surface area contributed by atoms with Gasteiger partial charge in [-0.25, -0.2) is 4.79 Å². The summed E-state index contributed by atoms with van der Waals surface area (Å²) in [6, 6.07) is 19.0. The second-order valence-corrected chi connectivity index (χ2v) is 4.16. The highest BCUT2D eigenvalue weighted by Crippen LogP contribution is 2.03. The zero-order valence-electron chi connectivity index (χ0n) is 12.3. The molecule has 0 saturated heterocycles. The van der Waals surface area contributed by atoms with Crippen LogP contribution >= 0.6 is 0 Å². The Morgan fingerprint density at radius 1 is 0.950 bits per heavy atom. The van der Waals surface area contributed by atoms with E-state index in [0.29, 0.717) is 5.69 Å². The monoisotopic (exact) mass is 273 g/mol. The Kier molecular flexibility index (Phi) is 10.4. The summed E-state index contributed by atoms with van der Waals surface area (Å²) in [6.45, 7) is 6.33. The molecular weight excluding hydrogens is 250 g/mol. The zero-order valence-corrected chi connectivity index (χ0v) is 12.3. The van der Waals surface area contributed by atoms with Crippen LogP contribution in [0, 0.1) is 6.92 Å². The SMILES string of the molecule is CCC.Cc1ccccc1.O=C(O)Nc1ccccc1. The fourth-order valence-electron chi connectivity index (χ4n) is 1.18. The van der Waals surface area contributed by atoms with Gasteiger partial charge in [0.15, 0.2) is 0 Å². The number of hydrogen-bond acceptors (Lipinski definition) is 1. The molecule has 0 unspecified atom stereocenters. The molecule has 2 N–H and O–H groups in total. The summed E-state index contributed by atoms with van der Waals surface area (Å²) in [4.78, 5) is 10.1. The van der Waals surface area contributed by atoms with Crippen LogP contribution in [0.2, 0.25) is 0 Å². The van der Waals surface area contributed by atoms with Gasteiger partial charge >= 0.3 is 6.09 Å². The predicted molar refractivity (Wildman–Crippen MR) is 85.2 cm³/mol. The lowest BCUT2D eigenvalue weighted by molar-refractivity contribution is 0.210. The minimum atomic E-state index is -1.04. The maximum absolute atomic E-state index is 10.1. The van der Waals surface area contributed by atoms with Gasteiger partial charge in [-0.05, 0) is 19.1 Å². The van der Waals surface area contributed by atoms with E-state index in [4.69, 9.17) is 5.11 Å². The van der Waals surface area contributed by atoms with Crippen LogP contribution in [0.25, 0.3) is 0 Å². The number of amides is 1. The summed E-state index contributed by atoms with van der Waals surface area (Å²) in [7, 11) is 0. The van der Waals surface area contributed by atoms with Gasteiger partial charge in [-0.15, -0.1) is 0 Å². The molecule has 2 rings (SSSR count). The van der Waals surface area contributed by atoms with Gasteiger partial charge in [0.05, 0.1) is 0 Å². The Balaban J connectivity index is 0.000000315. The van der Waals surface area contributed by atoms with Gasteiger partial charge in [0, 0.05) is 5.69 Å². The maximum atomic E-state index is 10.1. The van der Waals surface area contributed by atoms with E-state index in [-0.39, 0.29) is 0 Å². The van der Waals surface area contributed by atoms with E-state index in [1.165, 1.54) is 12.0 Å². The quantitative estimate of drug-likeness (QED) is 0.751. The van der Waals surface area contributed by atoms with Crippen LogP contribution in [0.1, 0.15) is 25.8 Å². The molecule has 0 saturated carbocycles. The maximum Gasteiger partial charge on any atom is 0.409 e. The highest BCUT2D eigenvalue weighted by molar-refractivity contribution is 5.82. The van der Waals surface area contributed by atoms with Crippen LogP contribution in [0.5, 0.6) is 0 Å². The third-order valence-electron chi connectivity index (χ3n) is 1.97. The molecule has 0 spiro atoms. The molecule has 0 atom stereocenters. The Labute approximate surface area is 121 Å². The van der Waals surface area contributed by atoms with E-state index < -0.39 is 6.09 Å². The van der Waals surface area contributed by atoms with Crippen molar-refractivity contribution < 1.29 is 9.90 Å².